The van der Waals surface area contributed by atoms with E-state index < -0.39 is 5.91 Å². The molecule has 2 N–H and O–H groups in total. The van der Waals surface area contributed by atoms with Gasteiger partial charge >= 0.3 is 0 Å². The third-order valence-corrected chi connectivity index (χ3v) is 4.09. The van der Waals surface area contributed by atoms with Gasteiger partial charge in [0.25, 0.3) is 5.91 Å². The maximum Gasteiger partial charge on any atom is 0.269 e. The van der Waals surface area contributed by atoms with Crippen LogP contribution in [0.5, 0.6) is 11.5 Å². The number of aromatic nitrogens is 3. The lowest BCUT2D eigenvalue weighted by Crippen LogP contribution is -2.41. The summed E-state index contributed by atoms with van der Waals surface area (Å²) in [6.07, 6.45) is 3.57. The van der Waals surface area contributed by atoms with Gasteiger partial charge in [-0.2, -0.15) is 4.98 Å². The zero-order valence-electron chi connectivity index (χ0n) is 15.3. The number of amides is 2. The number of fused-ring (bicyclic) bond motifs is 1. The van der Waals surface area contributed by atoms with Crippen LogP contribution < -0.4 is 20.3 Å². The fourth-order valence-electron chi connectivity index (χ4n) is 2.64. The summed E-state index contributed by atoms with van der Waals surface area (Å²) in [4.78, 5) is 32.4. The number of benzene rings is 1. The van der Waals surface area contributed by atoms with Gasteiger partial charge in [-0.3, -0.25) is 25.4 Å². The van der Waals surface area contributed by atoms with Gasteiger partial charge in [0.2, 0.25) is 17.6 Å². The Morgan fingerprint density at radius 1 is 1.00 bits per heavy atom. The molecule has 2 amide bonds. The zero-order chi connectivity index (χ0) is 20.1. The second-order valence-corrected chi connectivity index (χ2v) is 6.11. The smallest absolute Gasteiger partial charge is 0.269 e. The summed E-state index contributed by atoms with van der Waals surface area (Å²) in [7, 11) is 0. The third-order valence-electron chi connectivity index (χ3n) is 4.09. The van der Waals surface area contributed by atoms with Crippen molar-refractivity contribution in [3.05, 3.63) is 54.2 Å². The van der Waals surface area contributed by atoms with Crippen LogP contribution in [0.4, 0.5) is 0 Å². The summed E-state index contributed by atoms with van der Waals surface area (Å²) in [6, 6.07) is 8.33. The predicted molar refractivity (Wildman–Crippen MR) is 98.9 cm³/mol. The molecule has 0 fully saturated rings. The summed E-state index contributed by atoms with van der Waals surface area (Å²) in [5, 5.41) is 3.88. The molecule has 0 saturated carbocycles. The first kappa shape index (κ1) is 18.4. The number of ether oxygens (including phenoxy) is 2. The van der Waals surface area contributed by atoms with E-state index in [4.69, 9.17) is 14.0 Å². The Kier molecular flexibility index (Phi) is 5.32. The highest BCUT2D eigenvalue weighted by molar-refractivity contribution is 5.96. The number of nitrogens with one attached hydrogen (secondary N) is 2. The molecule has 1 aromatic carbocycles. The summed E-state index contributed by atoms with van der Waals surface area (Å²) in [5.41, 5.74) is 5.84. The van der Waals surface area contributed by atoms with Crippen LogP contribution in [0.15, 0.2) is 47.2 Å². The Morgan fingerprint density at radius 2 is 1.79 bits per heavy atom. The van der Waals surface area contributed by atoms with E-state index in [2.05, 4.69) is 26.0 Å². The first-order chi connectivity index (χ1) is 14.2. The van der Waals surface area contributed by atoms with Crippen LogP contribution in [0, 0.1) is 0 Å². The van der Waals surface area contributed by atoms with E-state index in [1.165, 1.54) is 0 Å². The number of hydrazine groups is 1. The van der Waals surface area contributed by atoms with Gasteiger partial charge in [-0.1, -0.05) is 5.16 Å². The molecule has 0 atom stereocenters. The average molecular weight is 395 g/mol. The molecule has 0 saturated heterocycles. The van der Waals surface area contributed by atoms with Crippen molar-refractivity contribution in [3.8, 4) is 22.9 Å². The molecule has 0 unspecified atom stereocenters. The molecule has 0 aliphatic carbocycles. The normalized spacial score (nSPS) is 12.3. The molecule has 10 nitrogen and oxygen atoms in total. The predicted octanol–water partition coefficient (Wildman–Crippen LogP) is 1.30. The molecule has 3 heterocycles. The number of aryl methyl sites for hydroxylation is 1. The largest absolute Gasteiger partial charge is 0.486 e. The molecule has 10 heteroatoms. The quantitative estimate of drug-likeness (QED) is 0.619. The Morgan fingerprint density at radius 3 is 2.62 bits per heavy atom. The van der Waals surface area contributed by atoms with Crippen molar-refractivity contribution in [2.45, 2.75) is 12.8 Å². The second-order valence-electron chi connectivity index (χ2n) is 6.11. The minimum absolute atomic E-state index is 0.0688. The van der Waals surface area contributed by atoms with Gasteiger partial charge in [0.05, 0.1) is 0 Å². The van der Waals surface area contributed by atoms with Crippen molar-refractivity contribution in [2.75, 3.05) is 13.2 Å². The van der Waals surface area contributed by atoms with Crippen molar-refractivity contribution >= 4 is 11.8 Å². The Balaban J connectivity index is 1.26. The van der Waals surface area contributed by atoms with Crippen LogP contribution in [0.25, 0.3) is 11.4 Å². The molecule has 2 aromatic heterocycles. The number of rotatable bonds is 5. The van der Waals surface area contributed by atoms with Crippen molar-refractivity contribution in [1.29, 1.82) is 0 Å². The highest BCUT2D eigenvalue weighted by atomic mass is 16.6. The summed E-state index contributed by atoms with van der Waals surface area (Å²) < 4.78 is 16.0. The maximum atomic E-state index is 12.2. The number of carbonyl (C=O) groups excluding carboxylic acids is 2. The number of hydrogen-bond donors (Lipinski definition) is 2. The monoisotopic (exact) mass is 395 g/mol. The van der Waals surface area contributed by atoms with Crippen molar-refractivity contribution in [1.82, 2.24) is 26.0 Å². The molecule has 1 aliphatic heterocycles. The van der Waals surface area contributed by atoms with E-state index in [1.807, 2.05) is 0 Å². The molecule has 3 aromatic rings. The first-order valence-corrected chi connectivity index (χ1v) is 8.91. The van der Waals surface area contributed by atoms with E-state index in [0.29, 0.717) is 42.0 Å². The Hall–Kier alpha value is -3.95. The van der Waals surface area contributed by atoms with Crippen molar-refractivity contribution < 1.29 is 23.6 Å². The zero-order valence-corrected chi connectivity index (χ0v) is 15.3. The van der Waals surface area contributed by atoms with Gasteiger partial charge in [-0.25, -0.2) is 0 Å². The van der Waals surface area contributed by atoms with Gasteiger partial charge in [-0.15, -0.1) is 0 Å². The molecule has 0 bridgehead atoms. The molecule has 1 aliphatic rings. The molecular formula is C19H17N5O5. The number of pyridine rings is 1. The first-order valence-electron chi connectivity index (χ1n) is 8.91. The third kappa shape index (κ3) is 4.49. The van der Waals surface area contributed by atoms with Crippen molar-refractivity contribution in [2.24, 2.45) is 0 Å². The highest BCUT2D eigenvalue weighted by Gasteiger charge is 2.16. The van der Waals surface area contributed by atoms with Crippen LogP contribution in [-0.2, 0) is 11.2 Å². The van der Waals surface area contributed by atoms with Gasteiger partial charge < -0.3 is 14.0 Å². The van der Waals surface area contributed by atoms with Crippen LogP contribution in [-0.4, -0.2) is 40.2 Å². The summed E-state index contributed by atoms with van der Waals surface area (Å²) in [6.45, 7) is 0.895. The standard InChI is InChI=1S/C19H17N5O5/c25-16(3-4-17-21-18(24-29-17)12-5-7-20-8-6-12)22-23-19(26)13-1-2-14-15(11-13)28-10-9-27-14/h1-2,5-8,11H,3-4,9-10H2,(H,22,25)(H,23,26). The van der Waals surface area contributed by atoms with Crippen LogP contribution in [0.1, 0.15) is 22.7 Å². The van der Waals surface area contributed by atoms with Gasteiger partial charge in [-0.05, 0) is 30.3 Å². The minimum Gasteiger partial charge on any atom is -0.486 e. The topological polar surface area (TPSA) is 128 Å². The molecule has 29 heavy (non-hydrogen) atoms. The molecule has 4 rings (SSSR count). The van der Waals surface area contributed by atoms with E-state index in [-0.39, 0.29) is 18.7 Å². The highest BCUT2D eigenvalue weighted by Crippen LogP contribution is 2.30. The second kappa shape index (κ2) is 8.38. The molecular weight excluding hydrogens is 378 g/mol. The molecule has 148 valence electrons. The fraction of sp³-hybridized carbons (Fsp3) is 0.211. The van der Waals surface area contributed by atoms with E-state index in [1.54, 1.807) is 42.7 Å². The summed E-state index contributed by atoms with van der Waals surface area (Å²) in [5.74, 6) is 0.978. The lowest BCUT2D eigenvalue weighted by atomic mass is 10.2. The molecule has 0 spiro atoms. The SMILES string of the molecule is O=C(CCc1nc(-c2ccncc2)no1)NNC(=O)c1ccc2c(c1)OCCO2. The van der Waals surface area contributed by atoms with Gasteiger partial charge in [0.1, 0.15) is 13.2 Å². The Labute approximate surface area is 165 Å². The van der Waals surface area contributed by atoms with E-state index in [0.717, 1.165) is 5.56 Å². The fourth-order valence-corrected chi connectivity index (χ4v) is 2.64. The average Bonchev–Trinajstić information content (AvgIpc) is 3.25. The summed E-state index contributed by atoms with van der Waals surface area (Å²) >= 11 is 0. The molecule has 0 radical (unpaired) electrons. The van der Waals surface area contributed by atoms with E-state index >= 15 is 0 Å². The van der Waals surface area contributed by atoms with Crippen LogP contribution in [0.3, 0.4) is 0 Å². The lowest BCUT2D eigenvalue weighted by molar-refractivity contribution is -0.121. The number of hydrogen-bond acceptors (Lipinski definition) is 8. The Bertz CT molecular complexity index is 1020. The van der Waals surface area contributed by atoms with E-state index in [9.17, 15) is 9.59 Å². The van der Waals surface area contributed by atoms with Gasteiger partial charge in [0, 0.05) is 36.4 Å². The maximum absolute atomic E-state index is 12.2. The van der Waals surface area contributed by atoms with Crippen LogP contribution >= 0.6 is 0 Å². The number of nitrogens with zero attached hydrogens (tertiary/aromatic N) is 3. The minimum atomic E-state index is -0.465. The van der Waals surface area contributed by atoms with Crippen molar-refractivity contribution in [3.63, 3.8) is 0 Å². The van der Waals surface area contributed by atoms with Crippen LogP contribution in [0.2, 0.25) is 0 Å². The lowest BCUT2D eigenvalue weighted by Gasteiger charge is -2.18. The van der Waals surface area contributed by atoms with Gasteiger partial charge in [0.15, 0.2) is 11.5 Å². The number of carbonyl (C=O) groups is 2.